The molecule has 0 unspecified atom stereocenters. The van der Waals surface area contributed by atoms with Crippen LogP contribution in [0.25, 0.3) is 22.6 Å². The number of aryl methyl sites for hydroxylation is 1. The molecule has 6 rings (SSSR count). The lowest BCUT2D eigenvalue weighted by Crippen LogP contribution is -2.30. The molecule has 4 aromatic heterocycles. The first-order valence-electron chi connectivity index (χ1n) is 10.5. The number of benzene rings is 1. The van der Waals surface area contributed by atoms with Crippen molar-refractivity contribution < 1.29 is 8.83 Å². The van der Waals surface area contributed by atoms with Crippen LogP contribution in [0.3, 0.4) is 0 Å². The second-order valence-corrected chi connectivity index (χ2v) is 8.98. The van der Waals surface area contributed by atoms with E-state index in [1.807, 2.05) is 36.5 Å². The smallest absolute Gasteiger partial charge is 0.195 e. The van der Waals surface area contributed by atoms with Crippen LogP contribution in [0.2, 0.25) is 0 Å². The molecule has 0 fully saturated rings. The molecular weight excluding hydrogens is 422 g/mol. The van der Waals surface area contributed by atoms with Gasteiger partial charge in [0.2, 0.25) is 0 Å². The summed E-state index contributed by atoms with van der Waals surface area (Å²) in [5.41, 5.74) is 5.48. The molecule has 1 N–H and O–H groups in total. The van der Waals surface area contributed by atoms with Gasteiger partial charge in [0.05, 0.1) is 29.5 Å². The highest BCUT2D eigenvalue weighted by atomic mass is 32.2. The summed E-state index contributed by atoms with van der Waals surface area (Å²) >= 11 is 1.51. The monoisotopic (exact) mass is 443 g/mol. The van der Waals surface area contributed by atoms with E-state index in [1.165, 1.54) is 17.3 Å². The standard InChI is InChI=1S/C24H21N5O2S/c1-15-4-6-19-20(11-15)28-24(27-19)32-22-7-5-17(31-22)14-29-9-8-18-16(13-29)12-25-23(26-18)21-3-2-10-30-21/h2-7,10-12H,8-9,13-14H2,1H3,(H,27,28). The number of rotatable bonds is 5. The fourth-order valence-electron chi connectivity index (χ4n) is 4.00. The maximum atomic E-state index is 6.08. The van der Waals surface area contributed by atoms with Crippen molar-refractivity contribution in [3.8, 4) is 11.6 Å². The number of H-pyrrole nitrogens is 1. The normalized spacial score (nSPS) is 14.2. The minimum absolute atomic E-state index is 0.649. The van der Waals surface area contributed by atoms with Crippen LogP contribution < -0.4 is 0 Å². The average molecular weight is 444 g/mol. The molecule has 7 nitrogen and oxygen atoms in total. The van der Waals surface area contributed by atoms with E-state index >= 15 is 0 Å². The minimum atomic E-state index is 0.649. The van der Waals surface area contributed by atoms with Crippen LogP contribution >= 0.6 is 11.8 Å². The van der Waals surface area contributed by atoms with Crippen molar-refractivity contribution in [2.75, 3.05) is 6.54 Å². The van der Waals surface area contributed by atoms with E-state index in [-0.39, 0.29) is 0 Å². The summed E-state index contributed by atoms with van der Waals surface area (Å²) in [5, 5.41) is 1.67. The second-order valence-electron chi connectivity index (χ2n) is 7.99. The summed E-state index contributed by atoms with van der Waals surface area (Å²) < 4.78 is 11.5. The molecule has 1 aromatic carbocycles. The second kappa shape index (κ2) is 7.96. The highest BCUT2D eigenvalue weighted by Crippen LogP contribution is 2.30. The number of hydrogen-bond acceptors (Lipinski definition) is 7. The first-order valence-corrected chi connectivity index (χ1v) is 11.4. The van der Waals surface area contributed by atoms with Gasteiger partial charge in [0, 0.05) is 31.3 Å². The molecule has 0 aliphatic carbocycles. The Morgan fingerprint density at radius 3 is 3.03 bits per heavy atom. The first-order chi connectivity index (χ1) is 15.7. The highest BCUT2D eigenvalue weighted by Gasteiger charge is 2.20. The Labute approximate surface area is 188 Å². The van der Waals surface area contributed by atoms with Crippen LogP contribution in [0.5, 0.6) is 0 Å². The summed E-state index contributed by atoms with van der Waals surface area (Å²) in [6.07, 6.45) is 4.44. The van der Waals surface area contributed by atoms with Crippen LogP contribution in [-0.4, -0.2) is 31.4 Å². The summed E-state index contributed by atoms with van der Waals surface area (Å²) in [6, 6.07) is 14.0. The zero-order valence-corrected chi connectivity index (χ0v) is 18.4. The van der Waals surface area contributed by atoms with Gasteiger partial charge < -0.3 is 13.8 Å². The zero-order valence-electron chi connectivity index (χ0n) is 17.5. The number of nitrogens with zero attached hydrogens (tertiary/aromatic N) is 4. The SMILES string of the molecule is Cc1ccc2nc(Sc3ccc(CN4CCc5nc(-c6ccco6)ncc5C4)o3)[nH]c2c1. The number of aromatic amines is 1. The van der Waals surface area contributed by atoms with Crippen molar-refractivity contribution in [2.45, 2.75) is 36.7 Å². The van der Waals surface area contributed by atoms with E-state index in [0.29, 0.717) is 11.6 Å². The molecule has 0 atom stereocenters. The number of aromatic nitrogens is 4. The van der Waals surface area contributed by atoms with Crippen LogP contribution in [0, 0.1) is 6.92 Å². The molecule has 5 heterocycles. The molecule has 32 heavy (non-hydrogen) atoms. The van der Waals surface area contributed by atoms with Crippen molar-refractivity contribution in [3.05, 3.63) is 77.5 Å². The molecule has 8 heteroatoms. The van der Waals surface area contributed by atoms with Gasteiger partial charge in [0.15, 0.2) is 21.8 Å². The average Bonchev–Trinajstić information content (AvgIpc) is 3.54. The zero-order chi connectivity index (χ0) is 21.5. The first kappa shape index (κ1) is 19.3. The summed E-state index contributed by atoms with van der Waals surface area (Å²) in [5.74, 6) is 2.29. The quantitative estimate of drug-likeness (QED) is 0.398. The van der Waals surface area contributed by atoms with Crippen molar-refractivity contribution in [1.29, 1.82) is 0 Å². The Balaban J connectivity index is 1.12. The number of hydrogen-bond donors (Lipinski definition) is 1. The van der Waals surface area contributed by atoms with Gasteiger partial charge in [-0.1, -0.05) is 6.07 Å². The van der Waals surface area contributed by atoms with Crippen LogP contribution in [0.4, 0.5) is 0 Å². The molecule has 0 amide bonds. The van der Waals surface area contributed by atoms with Crippen molar-refractivity contribution in [2.24, 2.45) is 0 Å². The van der Waals surface area contributed by atoms with E-state index in [2.05, 4.69) is 38.9 Å². The molecule has 160 valence electrons. The van der Waals surface area contributed by atoms with E-state index in [9.17, 15) is 0 Å². The molecule has 1 aliphatic heterocycles. The molecule has 0 saturated heterocycles. The van der Waals surface area contributed by atoms with Gasteiger partial charge in [0.1, 0.15) is 5.76 Å². The van der Waals surface area contributed by atoms with Gasteiger partial charge in [-0.05, 0) is 60.6 Å². The lowest BCUT2D eigenvalue weighted by atomic mass is 10.1. The van der Waals surface area contributed by atoms with E-state index in [0.717, 1.165) is 64.4 Å². The Bertz CT molecular complexity index is 1390. The molecular formula is C24H21N5O2S. The van der Waals surface area contributed by atoms with Crippen LogP contribution in [-0.2, 0) is 19.5 Å². The van der Waals surface area contributed by atoms with E-state index in [4.69, 9.17) is 13.8 Å². The maximum Gasteiger partial charge on any atom is 0.195 e. The van der Waals surface area contributed by atoms with Gasteiger partial charge >= 0.3 is 0 Å². The van der Waals surface area contributed by atoms with Crippen LogP contribution in [0.1, 0.15) is 22.6 Å². The summed E-state index contributed by atoms with van der Waals surface area (Å²) in [4.78, 5) is 19.5. The topological polar surface area (TPSA) is 84.0 Å². The molecule has 1 aliphatic rings. The summed E-state index contributed by atoms with van der Waals surface area (Å²) in [7, 11) is 0. The minimum Gasteiger partial charge on any atom is -0.461 e. The van der Waals surface area contributed by atoms with Crippen LogP contribution in [0.15, 0.2) is 74.0 Å². The number of fused-ring (bicyclic) bond motifs is 2. The van der Waals surface area contributed by atoms with Crippen molar-refractivity contribution in [3.63, 3.8) is 0 Å². The fourth-order valence-corrected chi connectivity index (χ4v) is 4.78. The largest absolute Gasteiger partial charge is 0.461 e. The van der Waals surface area contributed by atoms with Gasteiger partial charge in [0.25, 0.3) is 0 Å². The maximum absolute atomic E-state index is 6.08. The fraction of sp³-hybridized carbons (Fsp3) is 0.208. The summed E-state index contributed by atoms with van der Waals surface area (Å²) in [6.45, 7) is 4.56. The van der Waals surface area contributed by atoms with Crippen molar-refractivity contribution >= 4 is 22.8 Å². The third-order valence-electron chi connectivity index (χ3n) is 5.58. The third-order valence-corrected chi connectivity index (χ3v) is 6.39. The lowest BCUT2D eigenvalue weighted by Gasteiger charge is -2.27. The lowest BCUT2D eigenvalue weighted by molar-refractivity contribution is 0.218. The van der Waals surface area contributed by atoms with Crippen molar-refractivity contribution in [1.82, 2.24) is 24.8 Å². The van der Waals surface area contributed by atoms with Gasteiger partial charge in [-0.2, -0.15) is 0 Å². The Hall–Kier alpha value is -3.36. The number of furan rings is 2. The number of imidazole rings is 1. The Morgan fingerprint density at radius 2 is 2.12 bits per heavy atom. The molecule has 5 aromatic rings. The van der Waals surface area contributed by atoms with E-state index < -0.39 is 0 Å². The Kier molecular flexibility index (Phi) is 4.81. The van der Waals surface area contributed by atoms with Gasteiger partial charge in [-0.25, -0.2) is 15.0 Å². The third kappa shape index (κ3) is 3.83. The molecule has 0 spiro atoms. The highest BCUT2D eigenvalue weighted by molar-refractivity contribution is 7.99. The Morgan fingerprint density at radius 1 is 1.16 bits per heavy atom. The molecule has 0 bridgehead atoms. The van der Waals surface area contributed by atoms with Gasteiger partial charge in [-0.15, -0.1) is 0 Å². The predicted molar refractivity (Wildman–Crippen MR) is 121 cm³/mol. The van der Waals surface area contributed by atoms with E-state index in [1.54, 1.807) is 6.26 Å². The molecule has 0 saturated carbocycles. The van der Waals surface area contributed by atoms with Gasteiger partial charge in [-0.3, -0.25) is 4.90 Å². The predicted octanol–water partition coefficient (Wildman–Crippen LogP) is 5.22. The number of nitrogens with one attached hydrogen (secondary N) is 1. The molecule has 0 radical (unpaired) electrons.